The Hall–Kier alpha value is -3.45. The summed E-state index contributed by atoms with van der Waals surface area (Å²) < 4.78 is 6.36. The molecule has 1 aliphatic heterocycles. The molecule has 1 atom stereocenters. The molecular formula is C25H21BrN2O4. The van der Waals surface area contributed by atoms with Gasteiger partial charge in [-0.3, -0.25) is 19.5 Å². The molecule has 0 aliphatic carbocycles. The fraction of sp³-hybridized carbons (Fsp3) is 0.160. The molecule has 32 heavy (non-hydrogen) atoms. The summed E-state index contributed by atoms with van der Waals surface area (Å²) in [6.07, 6.45) is 1.59. The monoisotopic (exact) mass is 492 g/mol. The molecule has 0 saturated carbocycles. The molecule has 2 aromatic carbocycles. The second-order valence-corrected chi connectivity index (χ2v) is 8.17. The van der Waals surface area contributed by atoms with Crippen LogP contribution in [0.2, 0.25) is 0 Å². The largest absolute Gasteiger partial charge is 0.507 e. The van der Waals surface area contributed by atoms with E-state index in [1.807, 2.05) is 13.8 Å². The number of carbonyl (C=O) groups is 2. The number of pyridine rings is 1. The number of carbonyl (C=O) groups excluding carboxylic acids is 2. The highest BCUT2D eigenvalue weighted by Gasteiger charge is 2.47. The van der Waals surface area contributed by atoms with Gasteiger partial charge in [0.2, 0.25) is 0 Å². The maximum absolute atomic E-state index is 13.1. The summed E-state index contributed by atoms with van der Waals surface area (Å²) in [5, 5.41) is 11.2. The highest BCUT2D eigenvalue weighted by Crippen LogP contribution is 2.42. The van der Waals surface area contributed by atoms with Gasteiger partial charge in [0.1, 0.15) is 17.6 Å². The maximum atomic E-state index is 13.1. The molecule has 6 nitrogen and oxygen atoms in total. The van der Waals surface area contributed by atoms with Crippen molar-refractivity contribution in [2.24, 2.45) is 0 Å². The summed E-state index contributed by atoms with van der Waals surface area (Å²) in [7, 11) is 0. The minimum absolute atomic E-state index is 0.00399. The number of amides is 1. The van der Waals surface area contributed by atoms with Crippen LogP contribution in [0.25, 0.3) is 5.76 Å². The fourth-order valence-electron chi connectivity index (χ4n) is 3.73. The third-order valence-corrected chi connectivity index (χ3v) is 6.16. The lowest BCUT2D eigenvalue weighted by molar-refractivity contribution is -0.132. The third-order valence-electron chi connectivity index (χ3n) is 5.27. The van der Waals surface area contributed by atoms with E-state index in [4.69, 9.17) is 4.74 Å². The van der Waals surface area contributed by atoms with Crippen LogP contribution in [0, 0.1) is 6.92 Å². The van der Waals surface area contributed by atoms with Gasteiger partial charge in [0.05, 0.1) is 17.9 Å². The summed E-state index contributed by atoms with van der Waals surface area (Å²) in [5.74, 6) is -1.05. The number of hydrogen-bond acceptors (Lipinski definition) is 5. The molecule has 0 bridgehead atoms. The lowest BCUT2D eigenvalue weighted by atomic mass is 9.97. The van der Waals surface area contributed by atoms with Crippen LogP contribution in [-0.2, 0) is 9.59 Å². The van der Waals surface area contributed by atoms with E-state index in [1.54, 1.807) is 66.9 Å². The van der Waals surface area contributed by atoms with Gasteiger partial charge in [0.15, 0.2) is 0 Å². The standard InChI is InChI=1S/C25H21BrN2O4/c1-3-32-18-10-8-17(9-11-18)28-22(20-6-4-5-13-27-20)21(24(30)25(28)31)23(29)16-7-12-19(26)15(2)14-16/h4-14,22,29H,3H2,1-2H3/b23-21-. The van der Waals surface area contributed by atoms with E-state index in [9.17, 15) is 14.7 Å². The Morgan fingerprint density at radius 1 is 1.12 bits per heavy atom. The second-order valence-electron chi connectivity index (χ2n) is 7.31. The minimum Gasteiger partial charge on any atom is -0.507 e. The SMILES string of the molecule is CCOc1ccc(N2C(=O)C(=O)/C(=C(\O)c3ccc(Br)c(C)c3)C2c2ccccn2)cc1. The van der Waals surface area contributed by atoms with Crippen molar-refractivity contribution in [1.29, 1.82) is 0 Å². The number of aliphatic hydroxyl groups is 1. The Bertz CT molecular complexity index is 1210. The zero-order valence-electron chi connectivity index (χ0n) is 17.6. The van der Waals surface area contributed by atoms with Crippen molar-refractivity contribution < 1.29 is 19.4 Å². The Balaban J connectivity index is 1.88. The van der Waals surface area contributed by atoms with Crippen molar-refractivity contribution in [3.63, 3.8) is 0 Å². The second kappa shape index (κ2) is 8.96. The van der Waals surface area contributed by atoms with Crippen LogP contribution in [0.4, 0.5) is 5.69 Å². The van der Waals surface area contributed by atoms with E-state index >= 15 is 0 Å². The van der Waals surface area contributed by atoms with Gasteiger partial charge >= 0.3 is 0 Å². The first-order chi connectivity index (χ1) is 15.4. The number of nitrogens with zero attached hydrogens (tertiary/aromatic N) is 2. The van der Waals surface area contributed by atoms with Gasteiger partial charge in [-0.15, -0.1) is 0 Å². The number of rotatable bonds is 5. The first-order valence-corrected chi connectivity index (χ1v) is 10.9. The van der Waals surface area contributed by atoms with Crippen molar-refractivity contribution in [3.8, 4) is 5.75 Å². The molecule has 1 unspecified atom stereocenters. The number of Topliss-reactive ketones (excluding diaryl/α,β-unsaturated/α-hetero) is 1. The van der Waals surface area contributed by atoms with Gasteiger partial charge in [0.25, 0.3) is 11.7 Å². The van der Waals surface area contributed by atoms with Crippen molar-refractivity contribution in [1.82, 2.24) is 4.98 Å². The number of ketones is 1. The van der Waals surface area contributed by atoms with Gasteiger partial charge in [-0.05, 0) is 67.9 Å². The molecule has 162 valence electrons. The summed E-state index contributed by atoms with van der Waals surface area (Å²) in [6.45, 7) is 4.29. The third kappa shape index (κ3) is 3.91. The molecule has 0 radical (unpaired) electrons. The van der Waals surface area contributed by atoms with E-state index in [0.29, 0.717) is 29.3 Å². The highest BCUT2D eigenvalue weighted by atomic mass is 79.9. The Morgan fingerprint density at radius 3 is 2.50 bits per heavy atom. The molecule has 7 heteroatoms. The van der Waals surface area contributed by atoms with Gasteiger partial charge in [-0.25, -0.2) is 0 Å². The highest BCUT2D eigenvalue weighted by molar-refractivity contribution is 9.10. The lowest BCUT2D eigenvalue weighted by Crippen LogP contribution is -2.29. The Labute approximate surface area is 194 Å². The zero-order valence-corrected chi connectivity index (χ0v) is 19.2. The van der Waals surface area contributed by atoms with Crippen LogP contribution in [0.3, 0.4) is 0 Å². The average molecular weight is 493 g/mol. The fourth-order valence-corrected chi connectivity index (χ4v) is 3.98. The van der Waals surface area contributed by atoms with Crippen LogP contribution in [-0.4, -0.2) is 28.4 Å². The van der Waals surface area contributed by atoms with Crippen LogP contribution >= 0.6 is 15.9 Å². The number of aliphatic hydroxyl groups excluding tert-OH is 1. The number of aryl methyl sites for hydroxylation is 1. The molecule has 3 aromatic rings. The molecule has 1 aliphatic rings. The molecule has 0 spiro atoms. The maximum Gasteiger partial charge on any atom is 0.300 e. The number of ether oxygens (including phenoxy) is 1. The predicted molar refractivity (Wildman–Crippen MR) is 126 cm³/mol. The summed E-state index contributed by atoms with van der Waals surface area (Å²) >= 11 is 3.44. The van der Waals surface area contributed by atoms with Gasteiger partial charge in [-0.1, -0.05) is 28.1 Å². The molecule has 4 rings (SSSR count). The first kappa shape index (κ1) is 21.8. The van der Waals surface area contributed by atoms with Gasteiger partial charge < -0.3 is 9.84 Å². The number of halogens is 1. The smallest absolute Gasteiger partial charge is 0.300 e. The van der Waals surface area contributed by atoms with Crippen LogP contribution in [0.5, 0.6) is 5.75 Å². The molecule has 2 heterocycles. The van der Waals surface area contributed by atoms with Crippen molar-refractivity contribution in [2.45, 2.75) is 19.9 Å². The summed E-state index contributed by atoms with van der Waals surface area (Å²) in [4.78, 5) is 32.0. The number of hydrogen-bond donors (Lipinski definition) is 1. The van der Waals surface area contributed by atoms with E-state index in [-0.39, 0.29) is 11.3 Å². The van der Waals surface area contributed by atoms with E-state index in [2.05, 4.69) is 20.9 Å². The van der Waals surface area contributed by atoms with Gasteiger partial charge in [0, 0.05) is 21.9 Å². The number of aromatic nitrogens is 1. The van der Waals surface area contributed by atoms with E-state index in [0.717, 1.165) is 10.0 Å². The Kier molecular flexibility index (Phi) is 6.10. The number of benzene rings is 2. The predicted octanol–water partition coefficient (Wildman–Crippen LogP) is 5.18. The van der Waals surface area contributed by atoms with Crippen LogP contribution < -0.4 is 9.64 Å². The average Bonchev–Trinajstić information content (AvgIpc) is 3.07. The summed E-state index contributed by atoms with van der Waals surface area (Å²) in [6, 6.07) is 16.6. The van der Waals surface area contributed by atoms with Crippen LogP contribution in [0.1, 0.15) is 29.8 Å². The van der Waals surface area contributed by atoms with Gasteiger partial charge in [-0.2, -0.15) is 0 Å². The molecular weight excluding hydrogens is 472 g/mol. The van der Waals surface area contributed by atoms with E-state index in [1.165, 1.54) is 4.90 Å². The summed E-state index contributed by atoms with van der Waals surface area (Å²) in [5.41, 5.74) is 2.35. The molecule has 1 saturated heterocycles. The van der Waals surface area contributed by atoms with Crippen molar-refractivity contribution >= 4 is 39.1 Å². The van der Waals surface area contributed by atoms with Crippen LogP contribution in [0.15, 0.2) is 76.9 Å². The Morgan fingerprint density at radius 2 is 1.88 bits per heavy atom. The first-order valence-electron chi connectivity index (χ1n) is 10.1. The normalized spacial score (nSPS) is 17.6. The minimum atomic E-state index is -0.863. The molecule has 1 fully saturated rings. The zero-order chi connectivity index (χ0) is 22.8. The topological polar surface area (TPSA) is 79.7 Å². The molecule has 1 aromatic heterocycles. The molecule has 1 amide bonds. The lowest BCUT2D eigenvalue weighted by Gasteiger charge is -2.24. The van der Waals surface area contributed by atoms with Crippen molar-refractivity contribution in [2.75, 3.05) is 11.5 Å². The molecule has 1 N–H and O–H groups in total. The quantitative estimate of drug-likeness (QED) is 0.301. The van der Waals surface area contributed by atoms with E-state index < -0.39 is 17.7 Å². The number of anilines is 1. The van der Waals surface area contributed by atoms with Crippen molar-refractivity contribution in [3.05, 3.63) is 93.7 Å².